The van der Waals surface area contributed by atoms with E-state index >= 15 is 0 Å². The molecule has 5 rings (SSSR count). The molecule has 2 amide bonds. The maximum atomic E-state index is 12.8. The lowest BCUT2D eigenvalue weighted by molar-refractivity contribution is -0.122. The second-order valence-electron chi connectivity index (χ2n) is 8.26. The summed E-state index contributed by atoms with van der Waals surface area (Å²) in [4.78, 5) is 27.2. The Bertz CT molecular complexity index is 1190. The quantitative estimate of drug-likeness (QED) is 0.679. The average molecular weight is 488 g/mol. The summed E-state index contributed by atoms with van der Waals surface area (Å²) in [6.07, 6.45) is 0.0871. The molecular weight excluding hydrogens is 462 g/mol. The van der Waals surface area contributed by atoms with Gasteiger partial charge in [-0.3, -0.25) is 9.59 Å². The van der Waals surface area contributed by atoms with Gasteiger partial charge >= 0.3 is 0 Å². The van der Waals surface area contributed by atoms with Crippen molar-refractivity contribution in [3.63, 3.8) is 0 Å². The maximum Gasteiger partial charge on any atom is 0.243 e. The SMILES string of the molecule is O=C(Nc1ccc(S(=O)(=O)N2CCOCC2)cc1)C1CC(=O)N(c2ccc3c(c2)OCCO3)C1. The Morgan fingerprint density at radius 2 is 1.65 bits per heavy atom. The van der Waals surface area contributed by atoms with Gasteiger partial charge in [-0.15, -0.1) is 0 Å². The van der Waals surface area contributed by atoms with Crippen molar-refractivity contribution in [1.82, 2.24) is 4.31 Å². The molecule has 0 aliphatic carbocycles. The third-order valence-electron chi connectivity index (χ3n) is 6.06. The van der Waals surface area contributed by atoms with Crippen molar-refractivity contribution in [1.29, 1.82) is 0 Å². The Morgan fingerprint density at radius 3 is 2.38 bits per heavy atom. The number of benzene rings is 2. The molecule has 1 unspecified atom stereocenters. The Morgan fingerprint density at radius 1 is 0.941 bits per heavy atom. The van der Waals surface area contributed by atoms with Crippen molar-refractivity contribution in [2.45, 2.75) is 11.3 Å². The minimum atomic E-state index is -3.60. The number of anilines is 2. The van der Waals surface area contributed by atoms with Gasteiger partial charge in [0.05, 0.1) is 24.0 Å². The zero-order valence-electron chi connectivity index (χ0n) is 18.4. The van der Waals surface area contributed by atoms with Gasteiger partial charge in [0.15, 0.2) is 11.5 Å². The molecule has 3 aliphatic heterocycles. The van der Waals surface area contributed by atoms with Crippen LogP contribution in [0.3, 0.4) is 0 Å². The Kier molecular flexibility index (Phi) is 6.15. The zero-order chi connectivity index (χ0) is 23.7. The van der Waals surface area contributed by atoms with Gasteiger partial charge in [0.2, 0.25) is 21.8 Å². The van der Waals surface area contributed by atoms with Crippen molar-refractivity contribution in [3.05, 3.63) is 42.5 Å². The van der Waals surface area contributed by atoms with Crippen LogP contribution in [0.25, 0.3) is 0 Å². The molecule has 1 atom stereocenters. The van der Waals surface area contributed by atoms with E-state index in [0.717, 1.165) is 0 Å². The second kappa shape index (κ2) is 9.24. The molecular formula is C23H25N3O7S. The average Bonchev–Trinajstić information content (AvgIpc) is 3.26. The number of nitrogens with zero attached hydrogens (tertiary/aromatic N) is 2. The van der Waals surface area contributed by atoms with Gasteiger partial charge in [-0.1, -0.05) is 0 Å². The smallest absolute Gasteiger partial charge is 0.243 e. The Hall–Kier alpha value is -3.15. The van der Waals surface area contributed by atoms with Gasteiger partial charge in [0.1, 0.15) is 13.2 Å². The molecule has 11 heteroatoms. The summed E-state index contributed by atoms with van der Waals surface area (Å²) in [5.74, 6) is 0.241. The lowest BCUT2D eigenvalue weighted by Crippen LogP contribution is -2.40. The molecule has 34 heavy (non-hydrogen) atoms. The van der Waals surface area contributed by atoms with E-state index in [9.17, 15) is 18.0 Å². The number of hydrogen-bond donors (Lipinski definition) is 1. The van der Waals surface area contributed by atoms with Crippen LogP contribution in [0.4, 0.5) is 11.4 Å². The highest BCUT2D eigenvalue weighted by Crippen LogP contribution is 2.36. The summed E-state index contributed by atoms with van der Waals surface area (Å²) in [6, 6.07) is 11.3. The van der Waals surface area contributed by atoms with Crippen LogP contribution >= 0.6 is 0 Å². The summed E-state index contributed by atoms with van der Waals surface area (Å²) in [5, 5.41) is 2.79. The van der Waals surface area contributed by atoms with Crippen LogP contribution in [0, 0.1) is 5.92 Å². The minimum absolute atomic E-state index is 0.0871. The Balaban J connectivity index is 1.23. The number of amides is 2. The van der Waals surface area contributed by atoms with Crippen LogP contribution < -0.4 is 19.7 Å². The third-order valence-corrected chi connectivity index (χ3v) is 7.98. The molecule has 0 bridgehead atoms. The van der Waals surface area contributed by atoms with E-state index in [1.165, 1.54) is 16.4 Å². The molecule has 2 aromatic rings. The number of carbonyl (C=O) groups is 2. The van der Waals surface area contributed by atoms with Crippen molar-refractivity contribution >= 4 is 33.2 Å². The van der Waals surface area contributed by atoms with E-state index in [1.54, 1.807) is 35.2 Å². The highest BCUT2D eigenvalue weighted by molar-refractivity contribution is 7.89. The molecule has 3 aliphatic rings. The highest BCUT2D eigenvalue weighted by atomic mass is 32.2. The fraction of sp³-hybridized carbons (Fsp3) is 0.391. The predicted octanol–water partition coefficient (Wildman–Crippen LogP) is 1.47. The molecule has 3 heterocycles. The standard InChI is InChI=1S/C23H25N3O7S/c27-22-13-16(15-26(22)18-3-6-20-21(14-18)33-12-11-32-20)23(28)24-17-1-4-19(5-2-17)34(29,30)25-7-9-31-10-8-25/h1-6,14,16H,7-13,15H2,(H,24,28). The van der Waals surface area contributed by atoms with Gasteiger partial charge in [0, 0.05) is 43.5 Å². The summed E-state index contributed by atoms with van der Waals surface area (Å²) in [7, 11) is -3.60. The lowest BCUT2D eigenvalue weighted by Gasteiger charge is -2.26. The minimum Gasteiger partial charge on any atom is -0.486 e. The number of ether oxygens (including phenoxy) is 3. The monoisotopic (exact) mass is 487 g/mol. The van der Waals surface area contributed by atoms with E-state index < -0.39 is 15.9 Å². The van der Waals surface area contributed by atoms with Crippen LogP contribution in [0.2, 0.25) is 0 Å². The molecule has 180 valence electrons. The molecule has 0 saturated carbocycles. The molecule has 1 N–H and O–H groups in total. The number of hydrogen-bond acceptors (Lipinski definition) is 7. The number of carbonyl (C=O) groups excluding carboxylic acids is 2. The molecule has 0 radical (unpaired) electrons. The molecule has 10 nitrogen and oxygen atoms in total. The van der Waals surface area contributed by atoms with Crippen molar-refractivity contribution < 1.29 is 32.2 Å². The van der Waals surface area contributed by atoms with Crippen molar-refractivity contribution in [3.8, 4) is 11.5 Å². The Labute approximate surface area is 197 Å². The summed E-state index contributed by atoms with van der Waals surface area (Å²) in [5.41, 5.74) is 1.12. The summed E-state index contributed by atoms with van der Waals surface area (Å²) >= 11 is 0. The van der Waals surface area contributed by atoms with E-state index in [0.29, 0.717) is 62.4 Å². The summed E-state index contributed by atoms with van der Waals surface area (Å²) in [6.45, 7) is 2.55. The summed E-state index contributed by atoms with van der Waals surface area (Å²) < 4.78 is 43.2. The molecule has 2 saturated heterocycles. The van der Waals surface area contributed by atoms with Crippen molar-refractivity contribution in [2.75, 3.05) is 56.3 Å². The van der Waals surface area contributed by atoms with Gasteiger partial charge in [-0.25, -0.2) is 8.42 Å². The topological polar surface area (TPSA) is 114 Å². The second-order valence-corrected chi connectivity index (χ2v) is 10.2. The predicted molar refractivity (Wildman–Crippen MR) is 123 cm³/mol. The number of rotatable bonds is 5. The van der Waals surface area contributed by atoms with Gasteiger partial charge in [0.25, 0.3) is 0 Å². The maximum absolute atomic E-state index is 12.8. The molecule has 2 fully saturated rings. The van der Waals surface area contributed by atoms with E-state index in [2.05, 4.69) is 5.32 Å². The first-order valence-electron chi connectivity index (χ1n) is 11.1. The fourth-order valence-electron chi connectivity index (χ4n) is 4.22. The van der Waals surface area contributed by atoms with Gasteiger partial charge in [-0.05, 0) is 36.4 Å². The van der Waals surface area contributed by atoms with Crippen LogP contribution in [-0.2, 0) is 24.3 Å². The first-order valence-corrected chi connectivity index (χ1v) is 12.5. The van der Waals surface area contributed by atoms with E-state index in [-0.39, 0.29) is 29.7 Å². The molecule has 2 aromatic carbocycles. The van der Waals surface area contributed by atoms with Crippen molar-refractivity contribution in [2.24, 2.45) is 5.92 Å². The lowest BCUT2D eigenvalue weighted by atomic mass is 10.1. The van der Waals surface area contributed by atoms with E-state index in [1.807, 2.05) is 0 Å². The number of nitrogens with one attached hydrogen (secondary N) is 1. The zero-order valence-corrected chi connectivity index (χ0v) is 19.3. The van der Waals surface area contributed by atoms with Crippen LogP contribution in [0.1, 0.15) is 6.42 Å². The first kappa shape index (κ1) is 22.6. The van der Waals surface area contributed by atoms with Gasteiger partial charge in [-0.2, -0.15) is 4.31 Å². The largest absolute Gasteiger partial charge is 0.486 e. The van der Waals surface area contributed by atoms with Gasteiger partial charge < -0.3 is 24.4 Å². The van der Waals surface area contributed by atoms with Crippen LogP contribution in [0.15, 0.2) is 47.4 Å². The third kappa shape index (κ3) is 4.46. The van der Waals surface area contributed by atoms with Crippen LogP contribution in [0.5, 0.6) is 11.5 Å². The number of morpholine rings is 1. The van der Waals surface area contributed by atoms with Crippen LogP contribution in [-0.4, -0.2) is 70.6 Å². The molecule has 0 spiro atoms. The molecule has 0 aromatic heterocycles. The number of fused-ring (bicyclic) bond motifs is 1. The normalized spacial score (nSPS) is 20.9. The highest BCUT2D eigenvalue weighted by Gasteiger charge is 2.36. The first-order chi connectivity index (χ1) is 16.4. The van der Waals surface area contributed by atoms with E-state index in [4.69, 9.17) is 14.2 Å². The fourth-order valence-corrected chi connectivity index (χ4v) is 5.63. The number of sulfonamides is 1.